The van der Waals surface area contributed by atoms with Crippen LogP contribution in [0.1, 0.15) is 15.9 Å². The van der Waals surface area contributed by atoms with Crippen molar-refractivity contribution in [1.29, 1.82) is 0 Å². The molecule has 3 nitrogen and oxygen atoms in total. The van der Waals surface area contributed by atoms with Gasteiger partial charge in [-0.25, -0.2) is 4.79 Å². The summed E-state index contributed by atoms with van der Waals surface area (Å²) in [6.07, 6.45) is 3.41. The largest absolute Gasteiger partial charge is 0.478 e. The van der Waals surface area contributed by atoms with Crippen molar-refractivity contribution in [3.8, 4) is 11.1 Å². The molecule has 0 saturated carbocycles. The zero-order chi connectivity index (χ0) is 14.8. The molecule has 0 saturated heterocycles. The Kier molecular flexibility index (Phi) is 3.24. The Balaban J connectivity index is 2.36. The van der Waals surface area contributed by atoms with Gasteiger partial charge in [0.05, 0.1) is 11.1 Å². The van der Waals surface area contributed by atoms with E-state index in [4.69, 9.17) is 0 Å². The number of benzene rings is 2. The molecule has 0 atom stereocenters. The maximum absolute atomic E-state index is 11.5. The van der Waals surface area contributed by atoms with Crippen molar-refractivity contribution in [2.24, 2.45) is 0 Å². The molecular formula is C18H13NO2. The van der Waals surface area contributed by atoms with Gasteiger partial charge in [0.25, 0.3) is 0 Å². The van der Waals surface area contributed by atoms with Crippen molar-refractivity contribution in [2.75, 3.05) is 0 Å². The highest BCUT2D eigenvalue weighted by atomic mass is 16.4. The van der Waals surface area contributed by atoms with E-state index in [1.165, 1.54) is 0 Å². The van der Waals surface area contributed by atoms with E-state index in [1.54, 1.807) is 24.4 Å². The summed E-state index contributed by atoms with van der Waals surface area (Å²) in [5, 5.41) is 10.4. The van der Waals surface area contributed by atoms with Gasteiger partial charge in [0, 0.05) is 17.1 Å². The molecule has 3 rings (SSSR count). The second-order valence-corrected chi connectivity index (χ2v) is 4.69. The van der Waals surface area contributed by atoms with Crippen molar-refractivity contribution in [3.05, 3.63) is 72.4 Å². The summed E-state index contributed by atoms with van der Waals surface area (Å²) < 4.78 is 0. The lowest BCUT2D eigenvalue weighted by molar-refractivity contribution is 0.0698. The van der Waals surface area contributed by atoms with Crippen LogP contribution in [-0.4, -0.2) is 16.1 Å². The summed E-state index contributed by atoms with van der Waals surface area (Å²) >= 11 is 0. The van der Waals surface area contributed by atoms with E-state index in [2.05, 4.69) is 11.6 Å². The van der Waals surface area contributed by atoms with Crippen molar-refractivity contribution >= 4 is 22.9 Å². The molecule has 1 aromatic heterocycles. The number of aromatic carboxylic acids is 1. The van der Waals surface area contributed by atoms with Crippen molar-refractivity contribution in [3.63, 3.8) is 0 Å². The first kappa shape index (κ1) is 13.1. The van der Waals surface area contributed by atoms with Gasteiger partial charge in [-0.1, -0.05) is 43.0 Å². The van der Waals surface area contributed by atoms with E-state index in [-0.39, 0.29) is 5.56 Å². The number of carboxylic acids is 1. The van der Waals surface area contributed by atoms with Gasteiger partial charge in [0.2, 0.25) is 0 Å². The Morgan fingerprint density at radius 2 is 1.90 bits per heavy atom. The van der Waals surface area contributed by atoms with Crippen LogP contribution in [0.5, 0.6) is 0 Å². The number of hydrogen-bond acceptors (Lipinski definition) is 2. The fourth-order valence-electron chi connectivity index (χ4n) is 2.42. The van der Waals surface area contributed by atoms with Gasteiger partial charge in [-0.15, -0.1) is 0 Å². The summed E-state index contributed by atoms with van der Waals surface area (Å²) in [6, 6.07) is 14.8. The molecule has 21 heavy (non-hydrogen) atoms. The number of aromatic nitrogens is 1. The highest BCUT2D eigenvalue weighted by Gasteiger charge is 2.14. The van der Waals surface area contributed by atoms with Gasteiger partial charge in [-0.2, -0.15) is 0 Å². The number of pyridine rings is 1. The molecule has 0 fully saturated rings. The Bertz CT molecular complexity index is 847. The van der Waals surface area contributed by atoms with E-state index in [0.717, 1.165) is 22.0 Å². The topological polar surface area (TPSA) is 50.2 Å². The Hall–Kier alpha value is -2.94. The van der Waals surface area contributed by atoms with Crippen molar-refractivity contribution in [1.82, 2.24) is 4.98 Å². The highest BCUT2D eigenvalue weighted by molar-refractivity contribution is 6.02. The third-order valence-corrected chi connectivity index (χ3v) is 3.43. The van der Waals surface area contributed by atoms with Crippen LogP contribution in [0.2, 0.25) is 0 Å². The SMILES string of the molecule is C=Cc1ccc(C(=O)O)c(-c2cccc3cccnc23)c1. The third kappa shape index (κ3) is 2.30. The Morgan fingerprint density at radius 1 is 1.10 bits per heavy atom. The minimum Gasteiger partial charge on any atom is -0.478 e. The molecule has 0 amide bonds. The molecule has 0 radical (unpaired) electrons. The molecular weight excluding hydrogens is 262 g/mol. The van der Waals surface area contributed by atoms with Crippen LogP contribution in [0.25, 0.3) is 28.1 Å². The van der Waals surface area contributed by atoms with Crippen molar-refractivity contribution in [2.45, 2.75) is 0 Å². The predicted molar refractivity (Wildman–Crippen MR) is 84.2 cm³/mol. The molecule has 102 valence electrons. The van der Waals surface area contributed by atoms with E-state index in [9.17, 15) is 9.90 Å². The van der Waals surface area contributed by atoms with Gasteiger partial charge in [0.1, 0.15) is 0 Å². The fourth-order valence-corrected chi connectivity index (χ4v) is 2.42. The third-order valence-electron chi connectivity index (χ3n) is 3.43. The molecule has 0 aliphatic carbocycles. The minimum atomic E-state index is -0.950. The van der Waals surface area contributed by atoms with Crippen LogP contribution < -0.4 is 0 Å². The molecule has 0 aliphatic rings. The number of para-hydroxylation sites is 1. The van der Waals surface area contributed by atoms with E-state index in [1.807, 2.05) is 36.4 Å². The number of hydrogen-bond donors (Lipinski definition) is 1. The van der Waals surface area contributed by atoms with Crippen molar-refractivity contribution < 1.29 is 9.90 Å². The summed E-state index contributed by atoms with van der Waals surface area (Å²) in [6.45, 7) is 3.74. The molecule has 2 aromatic carbocycles. The maximum atomic E-state index is 11.5. The summed E-state index contributed by atoms with van der Waals surface area (Å²) in [7, 11) is 0. The zero-order valence-electron chi connectivity index (χ0n) is 11.3. The summed E-state index contributed by atoms with van der Waals surface area (Å²) in [5.41, 5.74) is 3.41. The van der Waals surface area contributed by atoms with Gasteiger partial charge in [-0.05, 0) is 29.3 Å². The van der Waals surface area contributed by atoms with E-state index >= 15 is 0 Å². The lowest BCUT2D eigenvalue weighted by Gasteiger charge is -2.10. The molecule has 3 heteroatoms. The van der Waals surface area contributed by atoms with Crippen LogP contribution in [0.4, 0.5) is 0 Å². The fraction of sp³-hybridized carbons (Fsp3) is 0. The highest BCUT2D eigenvalue weighted by Crippen LogP contribution is 2.31. The average molecular weight is 275 g/mol. The number of carbonyl (C=O) groups is 1. The molecule has 3 aromatic rings. The number of fused-ring (bicyclic) bond motifs is 1. The van der Waals surface area contributed by atoms with Gasteiger partial charge in [0.15, 0.2) is 0 Å². The monoisotopic (exact) mass is 275 g/mol. The first-order valence-corrected chi connectivity index (χ1v) is 6.54. The van der Waals surface area contributed by atoms with Gasteiger partial charge in [-0.3, -0.25) is 4.98 Å². The van der Waals surface area contributed by atoms with Gasteiger partial charge < -0.3 is 5.11 Å². The molecule has 0 aliphatic heterocycles. The van der Waals surface area contributed by atoms with Gasteiger partial charge >= 0.3 is 5.97 Å². The van der Waals surface area contributed by atoms with Crippen LogP contribution in [0.3, 0.4) is 0 Å². The van der Waals surface area contributed by atoms with Crippen LogP contribution >= 0.6 is 0 Å². The average Bonchev–Trinajstić information content (AvgIpc) is 2.53. The Morgan fingerprint density at radius 3 is 2.67 bits per heavy atom. The summed E-state index contributed by atoms with van der Waals surface area (Å²) in [4.78, 5) is 15.9. The summed E-state index contributed by atoms with van der Waals surface area (Å²) in [5.74, 6) is -0.950. The lowest BCUT2D eigenvalue weighted by atomic mass is 9.95. The van der Waals surface area contributed by atoms with Crippen LogP contribution in [0, 0.1) is 0 Å². The quantitative estimate of drug-likeness (QED) is 0.777. The molecule has 0 unspecified atom stereocenters. The van der Waals surface area contributed by atoms with E-state index in [0.29, 0.717) is 5.56 Å². The first-order chi connectivity index (χ1) is 10.2. The normalized spacial score (nSPS) is 10.5. The lowest BCUT2D eigenvalue weighted by Crippen LogP contribution is -2.00. The van der Waals surface area contributed by atoms with Crippen LogP contribution in [0.15, 0.2) is 61.3 Å². The predicted octanol–water partition coefficient (Wildman–Crippen LogP) is 4.24. The van der Waals surface area contributed by atoms with Crippen LogP contribution in [-0.2, 0) is 0 Å². The van der Waals surface area contributed by atoms with E-state index < -0.39 is 5.97 Å². The Labute approximate surface area is 122 Å². The molecule has 1 heterocycles. The standard InChI is InChI=1S/C18H13NO2/c1-2-12-8-9-15(18(20)21)16(11-12)14-7-3-5-13-6-4-10-19-17(13)14/h2-11H,1H2,(H,20,21). The number of carboxylic acid groups (broad SMARTS) is 1. The minimum absolute atomic E-state index is 0.263. The zero-order valence-corrected chi connectivity index (χ0v) is 11.3. The number of rotatable bonds is 3. The molecule has 1 N–H and O–H groups in total. The second kappa shape index (κ2) is 5.21. The number of nitrogens with zero attached hydrogens (tertiary/aromatic N) is 1. The first-order valence-electron chi connectivity index (χ1n) is 6.54. The maximum Gasteiger partial charge on any atom is 0.336 e. The molecule has 0 bridgehead atoms. The smallest absolute Gasteiger partial charge is 0.336 e. The molecule has 0 spiro atoms. The second-order valence-electron chi connectivity index (χ2n) is 4.69.